The minimum atomic E-state index is -0.708. The number of halogens is 3. The molecule has 8 heteroatoms. The van der Waals surface area contributed by atoms with Gasteiger partial charge in [-0.3, -0.25) is 4.79 Å². The Morgan fingerprint density at radius 3 is 2.46 bits per heavy atom. The molecule has 1 atom stereocenters. The van der Waals surface area contributed by atoms with Crippen molar-refractivity contribution in [1.29, 1.82) is 0 Å². The molecule has 1 amide bonds. The summed E-state index contributed by atoms with van der Waals surface area (Å²) in [5.74, 6) is -1.15. The number of hydrogen-bond acceptors (Lipinski definition) is 4. The zero-order chi connectivity index (χ0) is 17.8. The fourth-order valence-corrected chi connectivity index (χ4v) is 3.43. The quantitative estimate of drug-likeness (QED) is 0.858. The lowest BCUT2D eigenvalue weighted by Crippen LogP contribution is -2.52. The molecular weight excluding hydrogens is 366 g/mol. The van der Waals surface area contributed by atoms with E-state index in [2.05, 4.69) is 0 Å². The molecule has 146 valence electrons. The van der Waals surface area contributed by atoms with Crippen molar-refractivity contribution in [2.24, 2.45) is 11.7 Å². The zero-order valence-electron chi connectivity index (χ0n) is 14.5. The summed E-state index contributed by atoms with van der Waals surface area (Å²) in [6.07, 6.45) is 2.64. The van der Waals surface area contributed by atoms with Crippen molar-refractivity contribution in [2.75, 3.05) is 26.3 Å². The Morgan fingerprint density at radius 2 is 1.85 bits per heavy atom. The maximum atomic E-state index is 13.7. The second-order valence-corrected chi connectivity index (χ2v) is 6.69. The molecule has 1 unspecified atom stereocenters. The van der Waals surface area contributed by atoms with Crippen molar-refractivity contribution in [3.8, 4) is 5.75 Å². The summed E-state index contributed by atoms with van der Waals surface area (Å²) in [7, 11) is 0. The number of amides is 1. The van der Waals surface area contributed by atoms with Crippen LogP contribution in [0, 0.1) is 17.6 Å². The highest BCUT2D eigenvalue weighted by atomic mass is 35.5. The average Bonchev–Trinajstić information content (AvgIpc) is 2.64. The number of nitrogens with two attached hydrogens (primary N) is 1. The Hall–Kier alpha value is -1.44. The molecule has 1 aromatic carbocycles. The number of hydrogen-bond donors (Lipinski definition) is 1. The van der Waals surface area contributed by atoms with Crippen LogP contribution < -0.4 is 10.5 Å². The first-order chi connectivity index (χ1) is 12.0. The first-order valence-corrected chi connectivity index (χ1v) is 8.78. The molecule has 3 rings (SSSR count). The molecule has 2 aliphatic rings. The van der Waals surface area contributed by atoms with Gasteiger partial charge in [0.15, 0.2) is 11.6 Å². The summed E-state index contributed by atoms with van der Waals surface area (Å²) in [6, 6.07) is 2.78. The predicted molar refractivity (Wildman–Crippen MR) is 95.4 cm³/mol. The SMILES string of the molecule is Cl.NC(C(=O)N1CCC(Oc2ccc(F)cc2F)CC1)C1CCOCC1. The first kappa shape index (κ1) is 20.9. The smallest absolute Gasteiger partial charge is 0.239 e. The van der Waals surface area contributed by atoms with Crippen molar-refractivity contribution in [2.45, 2.75) is 37.8 Å². The first-order valence-electron chi connectivity index (χ1n) is 8.78. The minimum Gasteiger partial charge on any atom is -0.487 e. The molecule has 0 bridgehead atoms. The van der Waals surface area contributed by atoms with E-state index < -0.39 is 17.7 Å². The van der Waals surface area contributed by atoms with Crippen LogP contribution in [0.2, 0.25) is 0 Å². The number of piperidine rings is 1. The van der Waals surface area contributed by atoms with E-state index in [-0.39, 0.29) is 36.1 Å². The van der Waals surface area contributed by atoms with Crippen LogP contribution in [-0.4, -0.2) is 49.3 Å². The molecule has 0 spiro atoms. The third-order valence-electron chi connectivity index (χ3n) is 5.00. The summed E-state index contributed by atoms with van der Waals surface area (Å²) < 4.78 is 37.5. The molecule has 2 saturated heterocycles. The van der Waals surface area contributed by atoms with Gasteiger partial charge in [0.2, 0.25) is 5.91 Å². The third kappa shape index (κ3) is 5.05. The van der Waals surface area contributed by atoms with E-state index in [1.54, 1.807) is 4.90 Å². The van der Waals surface area contributed by atoms with Crippen molar-refractivity contribution in [3.05, 3.63) is 29.8 Å². The normalized spacial score (nSPS) is 20.3. The van der Waals surface area contributed by atoms with Crippen LogP contribution in [-0.2, 0) is 9.53 Å². The number of nitrogens with zero attached hydrogens (tertiary/aromatic N) is 1. The van der Waals surface area contributed by atoms with Crippen LogP contribution in [0.25, 0.3) is 0 Å². The molecule has 5 nitrogen and oxygen atoms in total. The van der Waals surface area contributed by atoms with Gasteiger partial charge in [-0.15, -0.1) is 12.4 Å². The van der Waals surface area contributed by atoms with Gasteiger partial charge in [-0.2, -0.15) is 0 Å². The van der Waals surface area contributed by atoms with Gasteiger partial charge < -0.3 is 20.1 Å². The number of ether oxygens (including phenoxy) is 2. The highest BCUT2D eigenvalue weighted by molar-refractivity contribution is 5.85. The second kappa shape index (κ2) is 9.48. The third-order valence-corrected chi connectivity index (χ3v) is 5.00. The number of likely N-dealkylation sites (tertiary alicyclic amines) is 1. The van der Waals surface area contributed by atoms with Gasteiger partial charge >= 0.3 is 0 Å². The lowest BCUT2D eigenvalue weighted by Gasteiger charge is -2.36. The van der Waals surface area contributed by atoms with Crippen molar-refractivity contribution >= 4 is 18.3 Å². The fraction of sp³-hybridized carbons (Fsp3) is 0.611. The summed E-state index contributed by atoms with van der Waals surface area (Å²) in [6.45, 7) is 2.38. The molecule has 0 aliphatic carbocycles. The van der Waals surface area contributed by atoms with E-state index in [9.17, 15) is 13.6 Å². The van der Waals surface area contributed by atoms with Gasteiger partial charge in [-0.05, 0) is 30.9 Å². The van der Waals surface area contributed by atoms with Gasteiger partial charge in [0.25, 0.3) is 0 Å². The Kier molecular flexibility index (Phi) is 7.61. The molecule has 0 radical (unpaired) electrons. The van der Waals surface area contributed by atoms with E-state index in [1.807, 2.05) is 0 Å². The van der Waals surface area contributed by atoms with E-state index >= 15 is 0 Å². The monoisotopic (exact) mass is 390 g/mol. The maximum Gasteiger partial charge on any atom is 0.239 e. The van der Waals surface area contributed by atoms with Crippen LogP contribution in [0.1, 0.15) is 25.7 Å². The second-order valence-electron chi connectivity index (χ2n) is 6.69. The number of carbonyl (C=O) groups is 1. The number of rotatable bonds is 4. The van der Waals surface area contributed by atoms with Gasteiger partial charge in [-0.1, -0.05) is 0 Å². The van der Waals surface area contributed by atoms with Crippen LogP contribution in [0.5, 0.6) is 5.75 Å². The Balaban J connectivity index is 0.00000243. The van der Waals surface area contributed by atoms with E-state index in [1.165, 1.54) is 12.1 Å². The standard InChI is InChI=1S/C18H24F2N2O3.ClH/c19-13-1-2-16(15(20)11-13)25-14-3-7-22(8-4-14)18(23)17(21)12-5-9-24-10-6-12;/h1-2,11-12,14,17H,3-10,21H2;1H. The fourth-order valence-electron chi connectivity index (χ4n) is 3.43. The van der Waals surface area contributed by atoms with Gasteiger partial charge in [0.05, 0.1) is 6.04 Å². The number of benzene rings is 1. The van der Waals surface area contributed by atoms with Crippen molar-refractivity contribution in [1.82, 2.24) is 4.90 Å². The van der Waals surface area contributed by atoms with Crippen LogP contribution in [0.4, 0.5) is 8.78 Å². The summed E-state index contributed by atoms with van der Waals surface area (Å²) in [5.41, 5.74) is 6.15. The largest absolute Gasteiger partial charge is 0.487 e. The highest BCUT2D eigenvalue weighted by Gasteiger charge is 2.32. The van der Waals surface area contributed by atoms with Gasteiger partial charge in [0.1, 0.15) is 11.9 Å². The maximum absolute atomic E-state index is 13.7. The molecule has 1 aromatic rings. The molecule has 2 aliphatic heterocycles. The van der Waals surface area contributed by atoms with Crippen LogP contribution in [0.15, 0.2) is 18.2 Å². The predicted octanol–water partition coefficient (Wildman–Crippen LogP) is 2.51. The van der Waals surface area contributed by atoms with E-state index in [0.717, 1.165) is 18.9 Å². The van der Waals surface area contributed by atoms with Gasteiger partial charge in [-0.25, -0.2) is 8.78 Å². The van der Waals surface area contributed by atoms with E-state index in [4.69, 9.17) is 15.2 Å². The molecule has 2 fully saturated rings. The molecule has 0 aromatic heterocycles. The Morgan fingerprint density at radius 1 is 1.19 bits per heavy atom. The van der Waals surface area contributed by atoms with Crippen molar-refractivity contribution < 1.29 is 23.0 Å². The Bertz CT molecular complexity index is 606. The summed E-state index contributed by atoms with van der Waals surface area (Å²) >= 11 is 0. The Labute approximate surface area is 158 Å². The lowest BCUT2D eigenvalue weighted by atomic mass is 9.91. The average molecular weight is 391 g/mol. The lowest BCUT2D eigenvalue weighted by molar-refractivity contribution is -0.136. The highest BCUT2D eigenvalue weighted by Crippen LogP contribution is 2.24. The molecule has 2 heterocycles. The van der Waals surface area contributed by atoms with Crippen LogP contribution >= 0.6 is 12.4 Å². The molecule has 0 saturated carbocycles. The molecule has 2 N–H and O–H groups in total. The minimum absolute atomic E-state index is 0. The van der Waals surface area contributed by atoms with Gasteiger partial charge in [0, 0.05) is 45.2 Å². The number of carbonyl (C=O) groups excluding carboxylic acids is 1. The van der Waals surface area contributed by atoms with E-state index in [0.29, 0.717) is 39.1 Å². The van der Waals surface area contributed by atoms with Crippen molar-refractivity contribution in [3.63, 3.8) is 0 Å². The molecular formula is C18H25ClF2N2O3. The molecule has 26 heavy (non-hydrogen) atoms. The summed E-state index contributed by atoms with van der Waals surface area (Å²) in [4.78, 5) is 14.3. The summed E-state index contributed by atoms with van der Waals surface area (Å²) in [5, 5.41) is 0. The zero-order valence-corrected chi connectivity index (χ0v) is 15.4. The topological polar surface area (TPSA) is 64.8 Å². The van der Waals surface area contributed by atoms with Crippen LogP contribution in [0.3, 0.4) is 0 Å².